The van der Waals surface area contributed by atoms with E-state index in [4.69, 9.17) is 0 Å². The van der Waals surface area contributed by atoms with E-state index >= 15 is 0 Å². The Kier molecular flexibility index (Phi) is 4.97. The lowest BCUT2D eigenvalue weighted by Crippen LogP contribution is -2.07. The van der Waals surface area contributed by atoms with Crippen LogP contribution in [-0.4, -0.2) is 17.8 Å². The van der Waals surface area contributed by atoms with Gasteiger partial charge in [0.1, 0.15) is 0 Å². The van der Waals surface area contributed by atoms with Crippen LogP contribution in [0.25, 0.3) is 0 Å². The zero-order chi connectivity index (χ0) is 7.28. The van der Waals surface area contributed by atoms with Crippen molar-refractivity contribution in [3.05, 3.63) is 12.5 Å². The fourth-order valence-corrected chi connectivity index (χ4v) is 0.947. The van der Waals surface area contributed by atoms with Gasteiger partial charge in [-0.2, -0.15) is 0 Å². The molecule has 0 aromatic heterocycles. The molecule has 0 aliphatic heterocycles. The van der Waals surface area contributed by atoms with E-state index in [1.807, 2.05) is 0 Å². The number of hydrogen-bond acceptors (Lipinski definition) is 4. The quantitative estimate of drug-likeness (QED) is 0.331. The lowest BCUT2D eigenvalue weighted by atomic mass is 10.9. The summed E-state index contributed by atoms with van der Waals surface area (Å²) in [5.41, 5.74) is 0. The first-order valence-electron chi connectivity index (χ1n) is 2.04. The number of halogens is 1. The molecular formula is C4H6INO2S. The first-order valence-corrected chi connectivity index (χ1v) is 5.35. The molecule has 0 N–H and O–H groups in total. The summed E-state index contributed by atoms with van der Waals surface area (Å²) in [5, 5.41) is 0. The highest BCUT2D eigenvalue weighted by Crippen LogP contribution is 2.19. The van der Waals surface area contributed by atoms with Crippen molar-refractivity contribution in [3.63, 3.8) is 0 Å². The van der Waals surface area contributed by atoms with Gasteiger partial charge >= 0.3 is 0 Å². The highest BCUT2D eigenvalue weighted by molar-refractivity contribution is 14.2. The van der Waals surface area contributed by atoms with Crippen molar-refractivity contribution in [1.82, 2.24) is 4.31 Å². The normalized spacial score (nSPS) is 8.22. The fourth-order valence-electron chi connectivity index (χ4n) is 0.168. The number of rotatable bonds is 4. The predicted molar refractivity (Wildman–Crippen MR) is 45.7 cm³/mol. The van der Waals surface area contributed by atoms with E-state index in [1.165, 1.54) is 9.12 Å². The average molecular weight is 259 g/mol. The van der Waals surface area contributed by atoms with E-state index in [2.05, 4.69) is 32.5 Å². The Morgan fingerprint density at radius 1 is 2.00 bits per heavy atom. The number of carbonyl (C=O) groups excluding carboxylic acids is 1. The summed E-state index contributed by atoms with van der Waals surface area (Å²) in [6.45, 7) is 3.81. The molecule has 0 aliphatic rings. The van der Waals surface area contributed by atoms with Crippen molar-refractivity contribution in [2.24, 2.45) is 0 Å². The Balaban J connectivity index is 3.58. The van der Waals surface area contributed by atoms with E-state index in [0.717, 1.165) is 0 Å². The van der Waals surface area contributed by atoms with Gasteiger partial charge in [0.15, 0.2) is 0 Å². The molecule has 3 nitrogen and oxygen atoms in total. The van der Waals surface area contributed by atoms with Gasteiger partial charge in [0, 0.05) is 37.4 Å². The van der Waals surface area contributed by atoms with Crippen molar-refractivity contribution in [2.75, 3.05) is 7.05 Å². The van der Waals surface area contributed by atoms with Crippen LogP contribution >= 0.6 is 30.3 Å². The first kappa shape index (κ1) is 9.09. The lowest BCUT2D eigenvalue weighted by Gasteiger charge is -2.12. The zero-order valence-electron chi connectivity index (χ0n) is 4.83. The molecule has 0 atom stereocenters. The molecule has 0 fully saturated rings. The second-order valence-corrected chi connectivity index (χ2v) is 3.04. The molecule has 5 heteroatoms. The van der Waals surface area contributed by atoms with Crippen LogP contribution in [0.5, 0.6) is 0 Å². The van der Waals surface area contributed by atoms with Gasteiger partial charge in [-0.15, -0.1) is 0 Å². The summed E-state index contributed by atoms with van der Waals surface area (Å²) in [6.07, 6.45) is 0. The van der Waals surface area contributed by atoms with Crippen LogP contribution in [0.1, 0.15) is 0 Å². The molecule has 0 saturated carbocycles. The molecule has 0 saturated heterocycles. The van der Waals surface area contributed by atoms with Gasteiger partial charge in [0.2, 0.25) is 5.88 Å². The third-order valence-corrected chi connectivity index (χ3v) is 2.82. The maximum atomic E-state index is 9.71. The summed E-state index contributed by atoms with van der Waals surface area (Å²) in [6, 6.07) is 0. The van der Waals surface area contributed by atoms with E-state index in [-0.39, 0.29) is 0 Å². The monoisotopic (exact) mass is 259 g/mol. The second kappa shape index (κ2) is 4.92. The van der Waals surface area contributed by atoms with Crippen molar-refractivity contribution >= 4 is 36.8 Å². The highest BCUT2D eigenvalue weighted by Gasteiger charge is 1.98. The van der Waals surface area contributed by atoms with Gasteiger partial charge in [0.25, 0.3) is 6.47 Å². The molecule has 0 amide bonds. The Morgan fingerprint density at radius 3 is 2.89 bits per heavy atom. The highest BCUT2D eigenvalue weighted by atomic mass is 127. The van der Waals surface area contributed by atoms with Gasteiger partial charge < -0.3 is 4.74 Å². The maximum Gasteiger partial charge on any atom is 0.299 e. The molecule has 0 aliphatic carbocycles. The van der Waals surface area contributed by atoms with Crippen LogP contribution < -0.4 is 0 Å². The number of ether oxygens (including phenoxy) is 1. The minimum atomic E-state index is 0.337. The third-order valence-electron chi connectivity index (χ3n) is 0.639. The second-order valence-electron chi connectivity index (χ2n) is 1.17. The maximum absolute atomic E-state index is 9.71. The Labute approximate surface area is 70.1 Å². The van der Waals surface area contributed by atoms with Gasteiger partial charge in [-0.1, -0.05) is 0 Å². The van der Waals surface area contributed by atoms with Crippen LogP contribution in [0.15, 0.2) is 12.5 Å². The SMILES string of the molecule is C=C(OC=O)N(C)SI. The van der Waals surface area contributed by atoms with Gasteiger partial charge in [-0.3, -0.25) is 9.10 Å². The molecule has 0 aromatic rings. The molecule has 9 heavy (non-hydrogen) atoms. The predicted octanol–water partition coefficient (Wildman–Crippen LogP) is 1.56. The van der Waals surface area contributed by atoms with Crippen LogP contribution in [0.3, 0.4) is 0 Å². The third kappa shape index (κ3) is 3.63. The van der Waals surface area contributed by atoms with Crippen molar-refractivity contribution in [2.45, 2.75) is 0 Å². The average Bonchev–Trinajstić information content (AvgIpc) is 1.87. The fraction of sp³-hybridized carbons (Fsp3) is 0.250. The number of hydrogen-bond donors (Lipinski definition) is 0. The molecule has 0 aromatic carbocycles. The van der Waals surface area contributed by atoms with Crippen LogP contribution in [0.2, 0.25) is 0 Å². The Hall–Kier alpha value is 0.0900. The summed E-state index contributed by atoms with van der Waals surface area (Å²) in [5.74, 6) is 0.337. The molecular weight excluding hydrogens is 253 g/mol. The Morgan fingerprint density at radius 2 is 2.56 bits per heavy atom. The minimum Gasteiger partial charge on any atom is -0.412 e. The molecule has 0 spiro atoms. The molecule has 0 heterocycles. The van der Waals surface area contributed by atoms with Crippen LogP contribution in [-0.2, 0) is 9.53 Å². The van der Waals surface area contributed by atoms with Crippen molar-refractivity contribution in [1.29, 1.82) is 0 Å². The van der Waals surface area contributed by atoms with Crippen LogP contribution in [0.4, 0.5) is 0 Å². The van der Waals surface area contributed by atoms with E-state index in [9.17, 15) is 4.79 Å². The largest absolute Gasteiger partial charge is 0.412 e. The van der Waals surface area contributed by atoms with E-state index in [1.54, 1.807) is 11.4 Å². The van der Waals surface area contributed by atoms with Crippen LogP contribution in [0, 0.1) is 0 Å². The summed E-state index contributed by atoms with van der Waals surface area (Å²) < 4.78 is 6.05. The van der Waals surface area contributed by atoms with E-state index < -0.39 is 0 Å². The van der Waals surface area contributed by atoms with E-state index in [0.29, 0.717) is 12.4 Å². The topological polar surface area (TPSA) is 29.5 Å². The summed E-state index contributed by atoms with van der Waals surface area (Å²) in [4.78, 5) is 9.71. The molecule has 0 bridgehead atoms. The zero-order valence-corrected chi connectivity index (χ0v) is 7.81. The van der Waals surface area contributed by atoms with Gasteiger partial charge in [-0.05, 0) is 6.58 Å². The van der Waals surface area contributed by atoms with Crippen molar-refractivity contribution < 1.29 is 9.53 Å². The molecule has 0 radical (unpaired) electrons. The Bertz CT molecular complexity index is 119. The smallest absolute Gasteiger partial charge is 0.299 e. The molecule has 0 rings (SSSR count). The minimum absolute atomic E-state index is 0.337. The van der Waals surface area contributed by atoms with Crippen molar-refractivity contribution in [3.8, 4) is 0 Å². The molecule has 52 valence electrons. The van der Waals surface area contributed by atoms with Gasteiger partial charge in [0.05, 0.1) is 0 Å². The lowest BCUT2D eigenvalue weighted by molar-refractivity contribution is -0.126. The summed E-state index contributed by atoms with van der Waals surface area (Å²) >= 11 is 2.05. The van der Waals surface area contributed by atoms with Gasteiger partial charge in [-0.25, -0.2) is 0 Å². The number of nitrogens with zero attached hydrogens (tertiary/aromatic N) is 1. The molecule has 0 unspecified atom stereocenters. The number of carbonyl (C=O) groups is 1. The summed E-state index contributed by atoms with van der Waals surface area (Å²) in [7, 11) is 3.15. The standard InChI is InChI=1S/C4H6INO2S/c1-4(8-3-7)6(2)9-5/h3H,1H2,2H3. The first-order chi connectivity index (χ1) is 4.22.